The lowest BCUT2D eigenvalue weighted by molar-refractivity contribution is -0.0368. The van der Waals surface area contributed by atoms with Crippen LogP contribution in [0.2, 0.25) is 10.0 Å². The third kappa shape index (κ3) is 3.72. The number of nitrogens with zero attached hydrogens (tertiary/aromatic N) is 3. The molecule has 0 amide bonds. The number of benzene rings is 1. The van der Waals surface area contributed by atoms with Crippen molar-refractivity contribution in [3.05, 3.63) is 49.4 Å². The SMILES string of the molecule is Cc1ncc(Cl)c([C@@H](C)Oc2cccc3c2c(I)nn3C2CCCCO2)c1Cl. The molecule has 1 aliphatic heterocycles. The molecule has 0 saturated carbocycles. The Kier molecular flexibility index (Phi) is 6.01. The number of ether oxygens (including phenoxy) is 2. The van der Waals surface area contributed by atoms with Crippen molar-refractivity contribution in [3.8, 4) is 5.75 Å². The van der Waals surface area contributed by atoms with E-state index in [9.17, 15) is 0 Å². The Morgan fingerprint density at radius 1 is 1.32 bits per heavy atom. The van der Waals surface area contributed by atoms with Crippen molar-refractivity contribution < 1.29 is 9.47 Å². The average molecular weight is 532 g/mol. The predicted octanol–water partition coefficient (Wildman–Crippen LogP) is 6.49. The second kappa shape index (κ2) is 8.34. The predicted molar refractivity (Wildman–Crippen MR) is 119 cm³/mol. The van der Waals surface area contributed by atoms with E-state index in [4.69, 9.17) is 37.8 Å². The Labute approximate surface area is 187 Å². The molecule has 1 fully saturated rings. The van der Waals surface area contributed by atoms with Gasteiger partial charge in [-0.05, 0) is 67.8 Å². The minimum atomic E-state index is -0.336. The van der Waals surface area contributed by atoms with Gasteiger partial charge in [-0.2, -0.15) is 5.10 Å². The van der Waals surface area contributed by atoms with Gasteiger partial charge < -0.3 is 9.47 Å². The van der Waals surface area contributed by atoms with Crippen molar-refractivity contribution in [2.75, 3.05) is 6.61 Å². The van der Waals surface area contributed by atoms with Gasteiger partial charge in [-0.3, -0.25) is 4.98 Å². The molecule has 1 unspecified atom stereocenters. The third-order valence-electron chi connectivity index (χ3n) is 4.97. The summed E-state index contributed by atoms with van der Waals surface area (Å²) in [5, 5.41) is 6.75. The first-order chi connectivity index (χ1) is 13.5. The second-order valence-corrected chi connectivity index (χ2v) is 8.69. The van der Waals surface area contributed by atoms with Gasteiger partial charge in [-0.15, -0.1) is 0 Å². The van der Waals surface area contributed by atoms with Crippen LogP contribution >= 0.6 is 45.8 Å². The van der Waals surface area contributed by atoms with Crippen molar-refractivity contribution in [2.24, 2.45) is 0 Å². The molecule has 0 bridgehead atoms. The fraction of sp³-hybridized carbons (Fsp3) is 0.400. The number of rotatable bonds is 4. The maximum absolute atomic E-state index is 6.45. The number of hydrogen-bond donors (Lipinski definition) is 0. The van der Waals surface area contributed by atoms with E-state index < -0.39 is 0 Å². The quantitative estimate of drug-likeness (QED) is 0.361. The Morgan fingerprint density at radius 3 is 2.89 bits per heavy atom. The van der Waals surface area contributed by atoms with Crippen molar-refractivity contribution in [1.82, 2.24) is 14.8 Å². The summed E-state index contributed by atoms with van der Waals surface area (Å²) in [5.74, 6) is 0.748. The lowest BCUT2D eigenvalue weighted by Crippen LogP contribution is -2.19. The maximum atomic E-state index is 6.45. The molecule has 0 spiro atoms. The molecule has 0 radical (unpaired) electrons. The lowest BCUT2D eigenvalue weighted by Gasteiger charge is -2.23. The lowest BCUT2D eigenvalue weighted by atomic mass is 10.1. The fourth-order valence-electron chi connectivity index (χ4n) is 3.55. The van der Waals surface area contributed by atoms with Crippen molar-refractivity contribution in [2.45, 2.75) is 45.4 Å². The molecule has 5 nitrogen and oxygen atoms in total. The zero-order valence-corrected chi connectivity index (χ0v) is 19.3. The summed E-state index contributed by atoms with van der Waals surface area (Å²) in [6.07, 6.45) is 4.47. The molecular weight excluding hydrogens is 512 g/mol. The van der Waals surface area contributed by atoms with Gasteiger partial charge in [-0.1, -0.05) is 29.3 Å². The van der Waals surface area contributed by atoms with Crippen molar-refractivity contribution >= 4 is 56.7 Å². The van der Waals surface area contributed by atoms with Crippen molar-refractivity contribution in [3.63, 3.8) is 0 Å². The summed E-state index contributed by atoms with van der Waals surface area (Å²) in [5.41, 5.74) is 2.47. The van der Waals surface area contributed by atoms with Crippen LogP contribution in [-0.4, -0.2) is 21.4 Å². The van der Waals surface area contributed by atoms with Crippen LogP contribution in [0.3, 0.4) is 0 Å². The summed E-state index contributed by atoms with van der Waals surface area (Å²) in [6.45, 7) is 4.56. The zero-order valence-electron chi connectivity index (χ0n) is 15.6. The number of aromatic nitrogens is 3. The highest BCUT2D eigenvalue weighted by Crippen LogP contribution is 2.38. The molecule has 148 valence electrons. The molecule has 3 aromatic rings. The van der Waals surface area contributed by atoms with E-state index in [-0.39, 0.29) is 12.3 Å². The molecule has 0 aliphatic carbocycles. The molecule has 1 aliphatic rings. The normalized spacial score (nSPS) is 18.4. The number of halogens is 3. The molecule has 8 heteroatoms. The topological polar surface area (TPSA) is 49.2 Å². The van der Waals surface area contributed by atoms with Crippen LogP contribution in [0.15, 0.2) is 24.4 Å². The standard InChI is InChI=1S/C20H20Cl2IN3O2/c1-11-19(22)17(13(21)10-24-11)12(2)28-15-7-5-6-14-18(15)20(23)25-26(14)16-8-3-4-9-27-16/h5-7,10,12,16H,3-4,8-9H2,1-2H3/t12-,16?/m1/s1. The van der Waals surface area contributed by atoms with E-state index in [1.807, 2.05) is 30.7 Å². The zero-order chi connectivity index (χ0) is 19.8. The molecule has 1 saturated heterocycles. The average Bonchev–Trinajstić information content (AvgIpc) is 3.03. The highest BCUT2D eigenvalue weighted by Gasteiger charge is 2.24. The van der Waals surface area contributed by atoms with Crippen molar-refractivity contribution in [1.29, 1.82) is 0 Å². The van der Waals surface area contributed by atoms with Crippen LogP contribution < -0.4 is 4.74 Å². The highest BCUT2D eigenvalue weighted by molar-refractivity contribution is 14.1. The number of pyridine rings is 1. The number of fused-ring (bicyclic) bond motifs is 1. The minimum Gasteiger partial charge on any atom is -0.485 e. The summed E-state index contributed by atoms with van der Waals surface area (Å²) in [4.78, 5) is 4.20. The molecule has 1 aromatic carbocycles. The van der Waals surface area contributed by atoms with E-state index in [0.717, 1.165) is 57.5 Å². The molecule has 4 rings (SSSR count). The summed E-state index contributed by atoms with van der Waals surface area (Å²) in [6, 6.07) is 5.98. The Morgan fingerprint density at radius 2 is 2.14 bits per heavy atom. The highest BCUT2D eigenvalue weighted by atomic mass is 127. The van der Waals surface area contributed by atoms with Gasteiger partial charge in [0.2, 0.25) is 0 Å². The largest absolute Gasteiger partial charge is 0.485 e. The second-order valence-electron chi connectivity index (χ2n) is 6.89. The van der Waals surface area contributed by atoms with E-state index in [0.29, 0.717) is 10.0 Å². The Bertz CT molecular complexity index is 1020. The van der Waals surface area contributed by atoms with Gasteiger partial charge in [0, 0.05) is 18.4 Å². The summed E-state index contributed by atoms with van der Waals surface area (Å²) >= 11 is 15.1. The van der Waals surface area contributed by atoms with Gasteiger partial charge in [0.1, 0.15) is 15.6 Å². The maximum Gasteiger partial charge on any atom is 0.150 e. The van der Waals surface area contributed by atoms with E-state index in [1.165, 1.54) is 0 Å². The third-order valence-corrected chi connectivity index (χ3v) is 6.51. The van der Waals surface area contributed by atoms with Gasteiger partial charge in [0.05, 0.1) is 26.6 Å². The van der Waals surface area contributed by atoms with Crippen LogP contribution in [-0.2, 0) is 4.74 Å². The van der Waals surface area contributed by atoms with E-state index in [2.05, 4.69) is 33.6 Å². The van der Waals surface area contributed by atoms with E-state index >= 15 is 0 Å². The van der Waals surface area contributed by atoms with Gasteiger partial charge in [0.25, 0.3) is 0 Å². The van der Waals surface area contributed by atoms with E-state index in [1.54, 1.807) is 6.20 Å². The smallest absolute Gasteiger partial charge is 0.150 e. The summed E-state index contributed by atoms with van der Waals surface area (Å²) in [7, 11) is 0. The van der Waals surface area contributed by atoms with Crippen LogP contribution in [0.4, 0.5) is 0 Å². The number of aryl methyl sites for hydroxylation is 1. The Balaban J connectivity index is 1.72. The molecular formula is C20H20Cl2IN3O2. The first-order valence-corrected chi connectivity index (χ1v) is 11.1. The van der Waals surface area contributed by atoms with Crippen LogP contribution in [0.25, 0.3) is 10.9 Å². The molecule has 2 aromatic heterocycles. The first kappa shape index (κ1) is 20.2. The monoisotopic (exact) mass is 531 g/mol. The minimum absolute atomic E-state index is 0.0285. The summed E-state index contributed by atoms with van der Waals surface area (Å²) < 4.78 is 15.1. The number of hydrogen-bond acceptors (Lipinski definition) is 4. The Hall–Kier alpha value is -1.09. The molecule has 0 N–H and O–H groups in total. The molecule has 28 heavy (non-hydrogen) atoms. The van der Waals surface area contributed by atoms with Gasteiger partial charge in [-0.25, -0.2) is 4.68 Å². The molecule has 3 heterocycles. The fourth-order valence-corrected chi connectivity index (χ4v) is 4.98. The van der Waals surface area contributed by atoms with Crippen LogP contribution in [0.1, 0.15) is 49.8 Å². The van der Waals surface area contributed by atoms with Gasteiger partial charge in [0.15, 0.2) is 6.23 Å². The van der Waals surface area contributed by atoms with Crippen LogP contribution in [0, 0.1) is 10.6 Å². The first-order valence-electron chi connectivity index (χ1n) is 9.23. The molecule has 2 atom stereocenters. The van der Waals surface area contributed by atoms with Gasteiger partial charge >= 0.3 is 0 Å². The van der Waals surface area contributed by atoms with Crippen LogP contribution in [0.5, 0.6) is 5.75 Å².